The summed E-state index contributed by atoms with van der Waals surface area (Å²) in [5, 5.41) is 1.24. The molecule has 0 aromatic carbocycles. The van der Waals surface area contributed by atoms with Crippen molar-refractivity contribution in [3.63, 3.8) is 0 Å². The van der Waals surface area contributed by atoms with Crippen LogP contribution in [-0.4, -0.2) is 36.2 Å². The standard InChI is InChI=1S/C10H16N2OS/c1-2-9-7-11-10(14-9)8-12-3-5-13-6-4-12/h7H,2-6,8H2,1H3. The van der Waals surface area contributed by atoms with Crippen LogP contribution in [0.2, 0.25) is 0 Å². The van der Waals surface area contributed by atoms with Crippen LogP contribution in [-0.2, 0) is 17.7 Å². The summed E-state index contributed by atoms with van der Waals surface area (Å²) in [4.78, 5) is 8.20. The molecule has 1 aliphatic heterocycles. The van der Waals surface area contributed by atoms with Crippen molar-refractivity contribution in [2.45, 2.75) is 19.9 Å². The van der Waals surface area contributed by atoms with Gasteiger partial charge in [-0.2, -0.15) is 0 Å². The lowest BCUT2D eigenvalue weighted by Gasteiger charge is -2.25. The third-order valence-electron chi connectivity index (χ3n) is 2.41. The SMILES string of the molecule is CCc1cnc(CN2CCOCC2)s1. The van der Waals surface area contributed by atoms with Gasteiger partial charge in [0, 0.05) is 24.2 Å². The lowest BCUT2D eigenvalue weighted by molar-refractivity contribution is 0.0341. The fourth-order valence-electron chi connectivity index (χ4n) is 1.54. The first-order valence-corrected chi connectivity index (χ1v) is 5.94. The third kappa shape index (κ3) is 2.53. The molecule has 0 N–H and O–H groups in total. The van der Waals surface area contributed by atoms with Crippen LogP contribution in [0, 0.1) is 0 Å². The van der Waals surface area contributed by atoms with Crippen molar-refractivity contribution in [3.05, 3.63) is 16.1 Å². The summed E-state index contributed by atoms with van der Waals surface area (Å²) >= 11 is 1.83. The minimum absolute atomic E-state index is 0.867. The first-order valence-electron chi connectivity index (χ1n) is 5.12. The second-order valence-electron chi connectivity index (χ2n) is 3.46. The summed E-state index contributed by atoms with van der Waals surface area (Å²) in [7, 11) is 0. The number of nitrogens with zero attached hydrogens (tertiary/aromatic N) is 2. The molecule has 0 radical (unpaired) electrons. The van der Waals surface area contributed by atoms with Gasteiger partial charge in [0.15, 0.2) is 0 Å². The number of hydrogen-bond donors (Lipinski definition) is 0. The summed E-state index contributed by atoms with van der Waals surface area (Å²) in [6, 6.07) is 0. The summed E-state index contributed by atoms with van der Waals surface area (Å²) in [5.41, 5.74) is 0. The number of thiazole rings is 1. The molecule has 1 aromatic rings. The van der Waals surface area contributed by atoms with Crippen molar-refractivity contribution >= 4 is 11.3 Å². The molecule has 2 heterocycles. The van der Waals surface area contributed by atoms with E-state index in [1.165, 1.54) is 9.88 Å². The van der Waals surface area contributed by atoms with Crippen LogP contribution in [0.15, 0.2) is 6.20 Å². The third-order valence-corrected chi connectivity index (χ3v) is 3.54. The molecular formula is C10H16N2OS. The molecule has 1 fully saturated rings. The fourth-order valence-corrected chi connectivity index (χ4v) is 2.44. The quantitative estimate of drug-likeness (QED) is 0.760. The van der Waals surface area contributed by atoms with Gasteiger partial charge in [-0.25, -0.2) is 4.98 Å². The molecule has 1 saturated heterocycles. The molecule has 4 heteroatoms. The van der Waals surface area contributed by atoms with Gasteiger partial charge in [-0.05, 0) is 6.42 Å². The van der Waals surface area contributed by atoms with Crippen LogP contribution in [0.25, 0.3) is 0 Å². The van der Waals surface area contributed by atoms with Gasteiger partial charge in [0.1, 0.15) is 5.01 Å². The Balaban J connectivity index is 1.89. The normalized spacial score (nSPS) is 18.6. The minimum Gasteiger partial charge on any atom is -0.379 e. The van der Waals surface area contributed by atoms with Gasteiger partial charge in [-0.15, -0.1) is 11.3 Å². The summed E-state index contributed by atoms with van der Waals surface area (Å²) in [5.74, 6) is 0. The number of aryl methyl sites for hydroxylation is 1. The van der Waals surface area contributed by atoms with Gasteiger partial charge in [-0.3, -0.25) is 4.90 Å². The molecule has 0 amide bonds. The highest BCUT2D eigenvalue weighted by Gasteiger charge is 2.12. The molecular weight excluding hydrogens is 196 g/mol. The molecule has 78 valence electrons. The first kappa shape index (κ1) is 10.1. The topological polar surface area (TPSA) is 25.4 Å². The van der Waals surface area contributed by atoms with E-state index in [1.807, 2.05) is 17.5 Å². The highest BCUT2D eigenvalue weighted by Crippen LogP contribution is 2.15. The average molecular weight is 212 g/mol. The Kier molecular flexibility index (Phi) is 3.50. The van der Waals surface area contributed by atoms with Gasteiger partial charge in [0.2, 0.25) is 0 Å². The Morgan fingerprint density at radius 1 is 1.50 bits per heavy atom. The maximum absolute atomic E-state index is 5.31. The Labute approximate surface area is 88.7 Å². The van der Waals surface area contributed by atoms with Crippen LogP contribution in [0.5, 0.6) is 0 Å². The van der Waals surface area contributed by atoms with E-state index in [2.05, 4.69) is 16.8 Å². The van der Waals surface area contributed by atoms with E-state index < -0.39 is 0 Å². The zero-order chi connectivity index (χ0) is 9.80. The number of ether oxygens (including phenoxy) is 1. The Morgan fingerprint density at radius 3 is 2.93 bits per heavy atom. The van der Waals surface area contributed by atoms with Crippen LogP contribution in [0.3, 0.4) is 0 Å². The van der Waals surface area contributed by atoms with E-state index in [0.717, 1.165) is 39.3 Å². The smallest absolute Gasteiger partial charge is 0.107 e. The van der Waals surface area contributed by atoms with Crippen LogP contribution in [0.1, 0.15) is 16.8 Å². The van der Waals surface area contributed by atoms with Crippen molar-refractivity contribution in [3.8, 4) is 0 Å². The molecule has 2 rings (SSSR count). The number of hydrogen-bond acceptors (Lipinski definition) is 4. The monoisotopic (exact) mass is 212 g/mol. The average Bonchev–Trinajstić information content (AvgIpc) is 2.67. The van der Waals surface area contributed by atoms with Crippen molar-refractivity contribution in [2.24, 2.45) is 0 Å². The molecule has 0 unspecified atom stereocenters. The van der Waals surface area contributed by atoms with E-state index >= 15 is 0 Å². The summed E-state index contributed by atoms with van der Waals surface area (Å²) in [6.45, 7) is 6.99. The van der Waals surface area contributed by atoms with Gasteiger partial charge in [0.25, 0.3) is 0 Å². The predicted octanol–water partition coefficient (Wildman–Crippen LogP) is 1.54. The molecule has 0 spiro atoms. The van der Waals surface area contributed by atoms with E-state index in [0.29, 0.717) is 0 Å². The van der Waals surface area contributed by atoms with E-state index in [9.17, 15) is 0 Å². The lowest BCUT2D eigenvalue weighted by atomic mass is 10.4. The minimum atomic E-state index is 0.867. The van der Waals surface area contributed by atoms with E-state index in [1.54, 1.807) is 0 Å². The molecule has 14 heavy (non-hydrogen) atoms. The second-order valence-corrected chi connectivity index (χ2v) is 4.66. The zero-order valence-corrected chi connectivity index (χ0v) is 9.35. The number of rotatable bonds is 3. The molecule has 1 aliphatic rings. The highest BCUT2D eigenvalue weighted by molar-refractivity contribution is 7.11. The number of aromatic nitrogens is 1. The number of morpholine rings is 1. The van der Waals surface area contributed by atoms with Gasteiger partial charge in [0.05, 0.1) is 19.8 Å². The van der Waals surface area contributed by atoms with E-state index in [4.69, 9.17) is 4.74 Å². The molecule has 0 bridgehead atoms. The van der Waals surface area contributed by atoms with Gasteiger partial charge < -0.3 is 4.74 Å². The van der Waals surface area contributed by atoms with Gasteiger partial charge in [-0.1, -0.05) is 6.92 Å². The predicted molar refractivity (Wildman–Crippen MR) is 57.6 cm³/mol. The second kappa shape index (κ2) is 4.87. The summed E-state index contributed by atoms with van der Waals surface area (Å²) < 4.78 is 5.31. The summed E-state index contributed by atoms with van der Waals surface area (Å²) in [6.07, 6.45) is 3.10. The van der Waals surface area contributed by atoms with E-state index in [-0.39, 0.29) is 0 Å². The van der Waals surface area contributed by atoms with Crippen LogP contribution < -0.4 is 0 Å². The van der Waals surface area contributed by atoms with Crippen LogP contribution in [0.4, 0.5) is 0 Å². The Morgan fingerprint density at radius 2 is 2.29 bits per heavy atom. The fraction of sp³-hybridized carbons (Fsp3) is 0.700. The van der Waals surface area contributed by atoms with Crippen molar-refractivity contribution in [2.75, 3.05) is 26.3 Å². The largest absolute Gasteiger partial charge is 0.379 e. The van der Waals surface area contributed by atoms with Crippen molar-refractivity contribution in [1.29, 1.82) is 0 Å². The molecule has 0 aliphatic carbocycles. The molecule has 0 atom stereocenters. The first-order chi connectivity index (χ1) is 6.88. The van der Waals surface area contributed by atoms with Crippen LogP contribution >= 0.6 is 11.3 Å². The van der Waals surface area contributed by atoms with Crippen molar-refractivity contribution < 1.29 is 4.74 Å². The molecule has 0 saturated carbocycles. The van der Waals surface area contributed by atoms with Gasteiger partial charge >= 0.3 is 0 Å². The Hall–Kier alpha value is -0.450. The highest BCUT2D eigenvalue weighted by atomic mass is 32.1. The lowest BCUT2D eigenvalue weighted by Crippen LogP contribution is -2.35. The van der Waals surface area contributed by atoms with Crippen molar-refractivity contribution in [1.82, 2.24) is 9.88 Å². The molecule has 3 nitrogen and oxygen atoms in total. The maximum Gasteiger partial charge on any atom is 0.107 e. The zero-order valence-electron chi connectivity index (χ0n) is 8.53. The Bertz CT molecular complexity index is 281. The molecule has 1 aromatic heterocycles. The maximum atomic E-state index is 5.31.